The summed E-state index contributed by atoms with van der Waals surface area (Å²) in [5.74, 6) is -1.26. The van der Waals surface area contributed by atoms with Gasteiger partial charge in [-0.05, 0) is 69.2 Å². The van der Waals surface area contributed by atoms with Gasteiger partial charge in [0.1, 0.15) is 0 Å². The molecule has 1 amide bonds. The minimum absolute atomic E-state index is 0.0359. The first-order chi connectivity index (χ1) is 20.5. The third-order valence-corrected chi connectivity index (χ3v) is 9.26. The van der Waals surface area contributed by atoms with Crippen molar-refractivity contribution in [3.8, 4) is 11.5 Å². The molecule has 9 nitrogen and oxygen atoms in total. The van der Waals surface area contributed by atoms with Crippen LogP contribution in [-0.4, -0.2) is 69.9 Å². The van der Waals surface area contributed by atoms with Crippen molar-refractivity contribution in [1.29, 1.82) is 0 Å². The van der Waals surface area contributed by atoms with Crippen LogP contribution in [0, 0.1) is 5.41 Å². The van der Waals surface area contributed by atoms with Gasteiger partial charge in [-0.25, -0.2) is 4.79 Å². The molecule has 12 heteroatoms. The zero-order chi connectivity index (χ0) is 30.7. The molecule has 0 radical (unpaired) electrons. The number of halogens is 3. The van der Waals surface area contributed by atoms with Gasteiger partial charge < -0.3 is 25.2 Å². The zero-order valence-corrected chi connectivity index (χ0v) is 24.2. The van der Waals surface area contributed by atoms with Crippen LogP contribution in [0.3, 0.4) is 0 Å². The standard InChI is InChI=1S/C29H38N4O3.C2HF3O2/c30-24-20-31-15-8-23(24)27(34)33-18-13-28(14-19-33)11-16-32(17-12-28)21-22-6-5-7-25-26(22)36-29(35-25)9-3-1-2-4-10-29;3-2(4,5)1(6)7/h5-8,15,20H,1-4,9-14,16-19,21,30H2;(H,6,7). The van der Waals surface area contributed by atoms with E-state index in [2.05, 4.69) is 28.1 Å². The van der Waals surface area contributed by atoms with E-state index >= 15 is 0 Å². The maximum Gasteiger partial charge on any atom is 0.490 e. The Balaban J connectivity index is 0.000000472. The van der Waals surface area contributed by atoms with Crippen LogP contribution >= 0.6 is 0 Å². The fraction of sp³-hybridized carbons (Fsp3) is 0.581. The first-order valence-electron chi connectivity index (χ1n) is 15.0. The molecule has 4 heterocycles. The number of piperidine rings is 2. The Morgan fingerprint density at radius 1 is 0.930 bits per heavy atom. The summed E-state index contributed by atoms with van der Waals surface area (Å²) in [5, 5.41) is 7.12. The number of nitrogens with zero attached hydrogens (tertiary/aromatic N) is 3. The lowest BCUT2D eigenvalue weighted by molar-refractivity contribution is -0.192. The van der Waals surface area contributed by atoms with Crippen LogP contribution in [-0.2, 0) is 11.3 Å². The van der Waals surface area contributed by atoms with Crippen molar-refractivity contribution in [3.05, 3.63) is 47.8 Å². The highest BCUT2D eigenvalue weighted by molar-refractivity contribution is 5.98. The van der Waals surface area contributed by atoms with E-state index in [0.717, 1.165) is 69.9 Å². The number of likely N-dealkylation sites (tertiary alicyclic amines) is 2. The summed E-state index contributed by atoms with van der Waals surface area (Å²) in [6.07, 6.45) is 9.49. The van der Waals surface area contributed by atoms with Gasteiger partial charge in [-0.3, -0.25) is 14.7 Å². The Morgan fingerprint density at radius 3 is 2.16 bits per heavy atom. The highest BCUT2D eigenvalue weighted by Gasteiger charge is 2.43. The maximum absolute atomic E-state index is 13.0. The highest BCUT2D eigenvalue weighted by atomic mass is 19.4. The van der Waals surface area contributed by atoms with Gasteiger partial charge in [-0.2, -0.15) is 13.2 Å². The van der Waals surface area contributed by atoms with E-state index in [9.17, 15) is 18.0 Å². The number of ether oxygens (including phenoxy) is 2. The maximum atomic E-state index is 13.0. The van der Waals surface area contributed by atoms with E-state index < -0.39 is 17.9 Å². The van der Waals surface area contributed by atoms with E-state index in [4.69, 9.17) is 25.1 Å². The molecular weight excluding hydrogens is 565 g/mol. The second kappa shape index (κ2) is 12.6. The number of hydrogen-bond acceptors (Lipinski definition) is 7. The van der Waals surface area contributed by atoms with Gasteiger partial charge in [0.05, 0.1) is 17.4 Å². The van der Waals surface area contributed by atoms with Gasteiger partial charge in [-0.15, -0.1) is 0 Å². The van der Waals surface area contributed by atoms with Crippen molar-refractivity contribution < 1.29 is 37.3 Å². The van der Waals surface area contributed by atoms with Crippen molar-refractivity contribution in [2.45, 2.75) is 82.7 Å². The molecule has 2 aromatic rings. The van der Waals surface area contributed by atoms with Crippen molar-refractivity contribution in [3.63, 3.8) is 0 Å². The molecule has 1 aliphatic carbocycles. The van der Waals surface area contributed by atoms with Crippen LogP contribution in [0.2, 0.25) is 0 Å². The van der Waals surface area contributed by atoms with Gasteiger partial charge in [0.15, 0.2) is 11.5 Å². The summed E-state index contributed by atoms with van der Waals surface area (Å²) < 4.78 is 44.7. The Kier molecular flexibility index (Phi) is 9.05. The summed E-state index contributed by atoms with van der Waals surface area (Å²) in [4.78, 5) is 30.4. The van der Waals surface area contributed by atoms with Gasteiger partial charge in [0.25, 0.3) is 11.7 Å². The Morgan fingerprint density at radius 2 is 1.56 bits per heavy atom. The molecular formula is C31H39F3N4O5. The quantitative estimate of drug-likeness (QED) is 0.463. The molecule has 1 aromatic carbocycles. The van der Waals surface area contributed by atoms with Gasteiger partial charge in [-0.1, -0.05) is 25.0 Å². The van der Waals surface area contributed by atoms with E-state index in [1.165, 1.54) is 44.1 Å². The van der Waals surface area contributed by atoms with E-state index in [0.29, 0.717) is 16.7 Å². The average molecular weight is 605 g/mol. The molecule has 3 aliphatic heterocycles. The molecule has 0 bridgehead atoms. The van der Waals surface area contributed by atoms with Gasteiger partial charge in [0, 0.05) is 44.2 Å². The monoisotopic (exact) mass is 604 g/mol. The Bertz CT molecular complexity index is 1290. The molecule has 1 saturated carbocycles. The number of anilines is 1. The molecule has 43 heavy (non-hydrogen) atoms. The normalized spacial score (nSPS) is 21.1. The van der Waals surface area contributed by atoms with Crippen molar-refractivity contribution in [2.24, 2.45) is 5.41 Å². The molecule has 3 N–H and O–H groups in total. The highest BCUT2D eigenvalue weighted by Crippen LogP contribution is 2.48. The number of benzene rings is 1. The number of carbonyl (C=O) groups is 2. The number of fused-ring (bicyclic) bond motifs is 1. The van der Waals surface area contributed by atoms with Crippen molar-refractivity contribution in [2.75, 3.05) is 31.9 Å². The molecule has 4 aliphatic rings. The number of rotatable bonds is 3. The number of amides is 1. The SMILES string of the molecule is Nc1cnccc1C(=O)N1CCC2(CCN(Cc3cccc4c3OC3(CCCCCC3)O4)CC2)CC1.O=C(O)C(F)(F)F. The van der Waals surface area contributed by atoms with Gasteiger partial charge >= 0.3 is 12.1 Å². The molecule has 2 spiro atoms. The smallest absolute Gasteiger partial charge is 0.475 e. The van der Waals surface area contributed by atoms with Gasteiger partial charge in [0.2, 0.25) is 0 Å². The van der Waals surface area contributed by atoms with Crippen LogP contribution in [0.25, 0.3) is 0 Å². The van der Waals surface area contributed by atoms with Crippen molar-refractivity contribution >= 4 is 17.6 Å². The molecule has 3 fully saturated rings. The number of aliphatic carboxylic acids is 1. The summed E-state index contributed by atoms with van der Waals surface area (Å²) in [6.45, 7) is 4.69. The largest absolute Gasteiger partial charge is 0.490 e. The zero-order valence-electron chi connectivity index (χ0n) is 24.2. The molecule has 0 unspecified atom stereocenters. The topological polar surface area (TPSA) is 118 Å². The number of hydrogen-bond donors (Lipinski definition) is 2. The van der Waals surface area contributed by atoms with Crippen LogP contribution < -0.4 is 15.2 Å². The number of para-hydroxylation sites is 1. The number of nitrogen functional groups attached to an aromatic ring is 1. The number of carbonyl (C=O) groups excluding carboxylic acids is 1. The summed E-state index contributed by atoms with van der Waals surface area (Å²) in [5.41, 5.74) is 8.62. The number of nitrogens with two attached hydrogens (primary N) is 1. The summed E-state index contributed by atoms with van der Waals surface area (Å²) in [6, 6.07) is 8.11. The van der Waals surface area contributed by atoms with Crippen LogP contribution in [0.4, 0.5) is 18.9 Å². The second-order valence-electron chi connectivity index (χ2n) is 12.1. The predicted molar refractivity (Wildman–Crippen MR) is 153 cm³/mol. The lowest BCUT2D eigenvalue weighted by Crippen LogP contribution is -2.48. The van der Waals surface area contributed by atoms with Crippen molar-refractivity contribution in [1.82, 2.24) is 14.8 Å². The lowest BCUT2D eigenvalue weighted by Gasteiger charge is -2.47. The lowest BCUT2D eigenvalue weighted by atomic mass is 9.71. The predicted octanol–water partition coefficient (Wildman–Crippen LogP) is 5.64. The third kappa shape index (κ3) is 7.17. The fourth-order valence-corrected chi connectivity index (χ4v) is 6.64. The molecule has 0 atom stereocenters. The molecule has 234 valence electrons. The first kappa shape index (κ1) is 30.9. The minimum atomic E-state index is -5.08. The molecule has 2 saturated heterocycles. The van der Waals surface area contributed by atoms with E-state index in [1.807, 2.05) is 4.90 Å². The molecule has 6 rings (SSSR count). The number of pyridine rings is 1. The number of alkyl halides is 3. The Hall–Kier alpha value is -3.54. The second-order valence-corrected chi connectivity index (χ2v) is 12.1. The average Bonchev–Trinajstić information content (AvgIpc) is 3.20. The summed E-state index contributed by atoms with van der Waals surface area (Å²) in [7, 11) is 0. The summed E-state index contributed by atoms with van der Waals surface area (Å²) >= 11 is 0. The van der Waals surface area contributed by atoms with Crippen LogP contribution in [0.15, 0.2) is 36.7 Å². The molecule has 1 aromatic heterocycles. The van der Waals surface area contributed by atoms with E-state index in [1.54, 1.807) is 18.5 Å². The number of aromatic nitrogens is 1. The first-order valence-corrected chi connectivity index (χ1v) is 15.0. The van der Waals surface area contributed by atoms with Crippen LogP contribution in [0.1, 0.15) is 80.1 Å². The van der Waals surface area contributed by atoms with Crippen LogP contribution in [0.5, 0.6) is 11.5 Å². The Labute approximate surface area is 249 Å². The van der Waals surface area contributed by atoms with E-state index in [-0.39, 0.29) is 5.91 Å². The number of carboxylic acid groups (broad SMARTS) is 1. The minimum Gasteiger partial charge on any atom is -0.475 e. The third-order valence-electron chi connectivity index (χ3n) is 9.26. The number of carboxylic acids is 1. The fourth-order valence-electron chi connectivity index (χ4n) is 6.64.